The monoisotopic (exact) mass is 361 g/mol. The van der Waals surface area contributed by atoms with Gasteiger partial charge in [0, 0.05) is 48.3 Å². The fourth-order valence-electron chi connectivity index (χ4n) is 3.20. The Morgan fingerprint density at radius 1 is 1.19 bits per heavy atom. The Balaban J connectivity index is 2.10. The Labute approximate surface area is 155 Å². The molecule has 0 atom stereocenters. The van der Waals surface area contributed by atoms with Crippen LogP contribution in [0.3, 0.4) is 0 Å². The van der Waals surface area contributed by atoms with Gasteiger partial charge < -0.3 is 14.9 Å². The van der Waals surface area contributed by atoms with Crippen molar-refractivity contribution >= 4 is 28.2 Å². The number of anilines is 1. The molecule has 0 unspecified atom stereocenters. The van der Waals surface area contributed by atoms with E-state index in [1.165, 1.54) is 6.20 Å². The van der Waals surface area contributed by atoms with E-state index in [9.17, 15) is 5.26 Å². The normalized spacial score (nSPS) is 11.0. The van der Waals surface area contributed by atoms with E-state index in [-0.39, 0.29) is 0 Å². The van der Waals surface area contributed by atoms with Gasteiger partial charge in [-0.05, 0) is 30.7 Å². The van der Waals surface area contributed by atoms with Crippen LogP contribution in [0.15, 0.2) is 49.2 Å². The molecule has 3 aromatic heterocycles. The number of halogens is 1. The summed E-state index contributed by atoms with van der Waals surface area (Å²) in [5, 5.41) is 10.8. The largest absolute Gasteiger partial charge is 0.396 e. The van der Waals surface area contributed by atoms with E-state index >= 15 is 0 Å². The topological polar surface area (TPSA) is 72.6 Å². The van der Waals surface area contributed by atoms with E-state index < -0.39 is 0 Å². The van der Waals surface area contributed by atoms with E-state index in [0.29, 0.717) is 16.3 Å². The lowest BCUT2D eigenvalue weighted by Gasteiger charge is -2.05. The van der Waals surface area contributed by atoms with Crippen molar-refractivity contribution in [2.45, 2.75) is 6.92 Å². The van der Waals surface area contributed by atoms with Crippen LogP contribution in [-0.4, -0.2) is 14.1 Å². The number of aryl methyl sites for hydroxylation is 2. The molecule has 4 rings (SSSR count). The Kier molecular flexibility index (Phi) is 3.71. The number of benzene rings is 1. The maximum Gasteiger partial charge on any atom is 0.0994 e. The summed E-state index contributed by atoms with van der Waals surface area (Å²) < 4.78 is 4.09. The Hall–Kier alpha value is -3.23. The number of aromatic nitrogens is 3. The third-order valence-corrected chi connectivity index (χ3v) is 4.98. The molecule has 1 aromatic carbocycles. The summed E-state index contributed by atoms with van der Waals surface area (Å²) in [6.07, 6.45) is 9.28. The molecule has 128 valence electrons. The molecule has 0 radical (unpaired) electrons. The lowest BCUT2D eigenvalue weighted by atomic mass is 10.0. The van der Waals surface area contributed by atoms with Crippen LogP contribution < -0.4 is 5.73 Å². The van der Waals surface area contributed by atoms with Crippen LogP contribution in [0.5, 0.6) is 0 Å². The van der Waals surface area contributed by atoms with Crippen molar-refractivity contribution in [2.75, 3.05) is 5.73 Å². The van der Waals surface area contributed by atoms with Crippen LogP contribution in [0.4, 0.5) is 5.69 Å². The molecule has 2 N–H and O–H groups in total. The molecule has 0 amide bonds. The number of hydrogen-bond acceptors (Lipinski definition) is 3. The second-order valence-corrected chi connectivity index (χ2v) is 6.71. The van der Waals surface area contributed by atoms with Gasteiger partial charge in [0.1, 0.15) is 0 Å². The molecule has 6 heteroatoms. The minimum absolute atomic E-state index is 0.428. The maximum atomic E-state index is 9.45. The molecule has 0 fully saturated rings. The zero-order chi connectivity index (χ0) is 18.4. The van der Waals surface area contributed by atoms with Gasteiger partial charge in [-0.1, -0.05) is 11.6 Å². The number of hydrogen-bond donors (Lipinski definition) is 1. The Morgan fingerprint density at radius 3 is 2.69 bits per heavy atom. The first kappa shape index (κ1) is 16.2. The number of nitrogens with two attached hydrogens (primary N) is 1. The van der Waals surface area contributed by atoms with Gasteiger partial charge in [-0.3, -0.25) is 4.98 Å². The van der Waals surface area contributed by atoms with Crippen molar-refractivity contribution in [2.24, 2.45) is 7.05 Å². The molecule has 0 saturated heterocycles. The Morgan fingerprint density at radius 2 is 2.00 bits per heavy atom. The first-order valence-corrected chi connectivity index (χ1v) is 8.45. The summed E-state index contributed by atoms with van der Waals surface area (Å²) >= 11 is 6.45. The molecule has 0 bridgehead atoms. The highest BCUT2D eigenvalue weighted by atomic mass is 35.5. The molecule has 0 saturated carbocycles. The van der Waals surface area contributed by atoms with Crippen LogP contribution in [0.25, 0.3) is 27.7 Å². The lowest BCUT2D eigenvalue weighted by Crippen LogP contribution is -1.91. The third kappa shape index (κ3) is 2.43. The van der Waals surface area contributed by atoms with Crippen molar-refractivity contribution in [3.05, 3.63) is 65.3 Å². The first-order valence-electron chi connectivity index (χ1n) is 8.07. The second-order valence-electron chi connectivity index (χ2n) is 6.33. The highest BCUT2D eigenvalue weighted by Crippen LogP contribution is 2.38. The number of fused-ring (bicyclic) bond motifs is 1. The highest BCUT2D eigenvalue weighted by Gasteiger charge is 2.17. The SMILES string of the molecule is Cc1cc2c(cc1C#N)c(-c1cncc(N)c1Cl)cn2-c1ccn(C)c1. The van der Waals surface area contributed by atoms with E-state index in [1.54, 1.807) is 6.20 Å². The summed E-state index contributed by atoms with van der Waals surface area (Å²) in [7, 11) is 1.98. The van der Waals surface area contributed by atoms with Gasteiger partial charge in [0.15, 0.2) is 0 Å². The van der Waals surface area contributed by atoms with Crippen molar-refractivity contribution in [1.82, 2.24) is 14.1 Å². The second kappa shape index (κ2) is 5.94. The maximum absolute atomic E-state index is 9.45. The predicted octanol–water partition coefficient (Wildman–Crippen LogP) is 4.45. The van der Waals surface area contributed by atoms with Gasteiger partial charge in [0.05, 0.1) is 39.7 Å². The van der Waals surface area contributed by atoms with Crippen LogP contribution >= 0.6 is 11.6 Å². The molecule has 4 aromatic rings. The van der Waals surface area contributed by atoms with E-state index in [0.717, 1.165) is 33.3 Å². The van der Waals surface area contributed by atoms with Gasteiger partial charge in [0.25, 0.3) is 0 Å². The number of nitrogen functional groups attached to an aromatic ring is 1. The quantitative estimate of drug-likeness (QED) is 0.573. The third-order valence-electron chi connectivity index (χ3n) is 4.56. The number of pyridine rings is 1. The molecule has 0 spiro atoms. The van der Waals surface area contributed by atoms with Crippen molar-refractivity contribution in [3.63, 3.8) is 0 Å². The van der Waals surface area contributed by atoms with Gasteiger partial charge in [-0.15, -0.1) is 0 Å². The number of nitriles is 1. The van der Waals surface area contributed by atoms with Crippen LogP contribution in [0.2, 0.25) is 5.02 Å². The van der Waals surface area contributed by atoms with Gasteiger partial charge in [0.2, 0.25) is 0 Å². The standard InChI is InChI=1S/C20H16ClN5/c1-12-5-19-15(6-13(12)7-22)17(16-8-24-9-18(23)20(16)21)11-26(19)14-3-4-25(2)10-14/h3-6,8-11H,23H2,1-2H3. The first-order chi connectivity index (χ1) is 12.5. The number of nitrogens with zero attached hydrogens (tertiary/aromatic N) is 4. The van der Waals surface area contributed by atoms with Crippen molar-refractivity contribution < 1.29 is 0 Å². The van der Waals surface area contributed by atoms with Crippen LogP contribution in [0.1, 0.15) is 11.1 Å². The molecular weight excluding hydrogens is 346 g/mol. The summed E-state index contributed by atoms with van der Waals surface area (Å²) in [5.74, 6) is 0. The molecule has 0 aliphatic rings. The lowest BCUT2D eigenvalue weighted by molar-refractivity contribution is 0.921. The van der Waals surface area contributed by atoms with Crippen LogP contribution in [-0.2, 0) is 7.05 Å². The fraction of sp³-hybridized carbons (Fsp3) is 0.100. The van der Waals surface area contributed by atoms with Crippen molar-refractivity contribution in [1.29, 1.82) is 5.26 Å². The average molecular weight is 362 g/mol. The summed E-state index contributed by atoms with van der Waals surface area (Å²) in [5.41, 5.74) is 11.6. The minimum Gasteiger partial charge on any atom is -0.396 e. The highest BCUT2D eigenvalue weighted by molar-refractivity contribution is 6.36. The zero-order valence-corrected chi connectivity index (χ0v) is 15.1. The summed E-state index contributed by atoms with van der Waals surface area (Å²) in [6, 6.07) is 8.22. The number of rotatable bonds is 2. The zero-order valence-electron chi connectivity index (χ0n) is 14.4. The minimum atomic E-state index is 0.428. The average Bonchev–Trinajstić information content (AvgIpc) is 3.20. The molecule has 3 heterocycles. The molecular formula is C20H16ClN5. The molecule has 26 heavy (non-hydrogen) atoms. The van der Waals surface area contributed by atoms with Gasteiger partial charge in [-0.2, -0.15) is 5.26 Å². The molecule has 0 aliphatic carbocycles. The van der Waals surface area contributed by atoms with E-state index in [4.69, 9.17) is 17.3 Å². The van der Waals surface area contributed by atoms with E-state index in [2.05, 4.69) is 15.6 Å². The predicted molar refractivity (Wildman–Crippen MR) is 104 cm³/mol. The summed E-state index contributed by atoms with van der Waals surface area (Å²) in [4.78, 5) is 4.19. The summed E-state index contributed by atoms with van der Waals surface area (Å²) in [6.45, 7) is 1.94. The molecule has 0 aliphatic heterocycles. The van der Waals surface area contributed by atoms with Crippen LogP contribution in [0, 0.1) is 18.3 Å². The molecule has 5 nitrogen and oxygen atoms in total. The van der Waals surface area contributed by atoms with Crippen molar-refractivity contribution in [3.8, 4) is 22.9 Å². The smallest absolute Gasteiger partial charge is 0.0994 e. The van der Waals surface area contributed by atoms with Gasteiger partial charge >= 0.3 is 0 Å². The van der Waals surface area contributed by atoms with Gasteiger partial charge in [-0.25, -0.2) is 0 Å². The Bertz CT molecular complexity index is 1190. The van der Waals surface area contributed by atoms with E-state index in [1.807, 2.05) is 55.3 Å². The fourth-order valence-corrected chi connectivity index (χ4v) is 3.40.